The average molecular weight is 303 g/mol. The van der Waals surface area contributed by atoms with E-state index in [9.17, 15) is 9.59 Å². The van der Waals surface area contributed by atoms with E-state index in [4.69, 9.17) is 0 Å². The predicted molar refractivity (Wildman–Crippen MR) is 89.4 cm³/mol. The van der Waals surface area contributed by atoms with Crippen LogP contribution in [0.3, 0.4) is 0 Å². The topological polar surface area (TPSA) is 61.4 Å². The van der Waals surface area contributed by atoms with E-state index >= 15 is 0 Å². The lowest BCUT2D eigenvalue weighted by atomic mass is 10.1. The molecule has 0 aliphatic carbocycles. The number of nitrogens with zero attached hydrogens (tertiary/aromatic N) is 1. The fourth-order valence-electron chi connectivity index (χ4n) is 2.74. The van der Waals surface area contributed by atoms with Crippen molar-refractivity contribution in [3.05, 3.63) is 23.8 Å². The number of carbonyl (C=O) groups is 2. The van der Waals surface area contributed by atoms with Gasteiger partial charge in [-0.25, -0.2) is 0 Å². The highest BCUT2D eigenvalue weighted by molar-refractivity contribution is 6.02. The molecule has 1 saturated heterocycles. The van der Waals surface area contributed by atoms with E-state index in [2.05, 4.69) is 15.5 Å². The number of hydrogen-bond donors (Lipinski definition) is 2. The molecule has 0 aromatic heterocycles. The maximum absolute atomic E-state index is 12.5. The molecule has 5 heteroatoms. The van der Waals surface area contributed by atoms with Crippen LogP contribution in [0.1, 0.15) is 49.9 Å². The second kappa shape index (κ2) is 7.82. The Labute approximate surface area is 132 Å². The molecule has 22 heavy (non-hydrogen) atoms. The Bertz CT molecular complexity index is 537. The van der Waals surface area contributed by atoms with Crippen molar-refractivity contribution in [3.8, 4) is 0 Å². The van der Waals surface area contributed by atoms with Crippen LogP contribution in [0.2, 0.25) is 0 Å². The lowest BCUT2D eigenvalue weighted by molar-refractivity contribution is -0.114. The van der Waals surface area contributed by atoms with Gasteiger partial charge in [0, 0.05) is 37.9 Å². The Hall–Kier alpha value is -2.04. The summed E-state index contributed by atoms with van der Waals surface area (Å²) in [5.74, 6) is -0.208. The molecule has 0 saturated carbocycles. The third-order valence-corrected chi connectivity index (χ3v) is 3.79. The predicted octanol–water partition coefficient (Wildman–Crippen LogP) is 2.78. The van der Waals surface area contributed by atoms with Crippen LogP contribution < -0.4 is 15.5 Å². The van der Waals surface area contributed by atoms with E-state index in [-0.39, 0.29) is 11.8 Å². The van der Waals surface area contributed by atoms with Crippen LogP contribution in [0, 0.1) is 0 Å². The molecule has 2 N–H and O–H groups in total. The van der Waals surface area contributed by atoms with Crippen molar-refractivity contribution in [3.63, 3.8) is 0 Å². The minimum absolute atomic E-state index is 0.0744. The largest absolute Gasteiger partial charge is 0.371 e. The van der Waals surface area contributed by atoms with Crippen molar-refractivity contribution in [2.24, 2.45) is 0 Å². The van der Waals surface area contributed by atoms with E-state index in [0.717, 1.165) is 38.0 Å². The van der Waals surface area contributed by atoms with Crippen molar-refractivity contribution in [1.29, 1.82) is 0 Å². The first-order valence-electron chi connectivity index (χ1n) is 8.06. The van der Waals surface area contributed by atoms with Crippen LogP contribution in [0.25, 0.3) is 0 Å². The molecule has 2 amide bonds. The van der Waals surface area contributed by atoms with E-state index < -0.39 is 0 Å². The van der Waals surface area contributed by atoms with Gasteiger partial charge in [0.15, 0.2) is 0 Å². The van der Waals surface area contributed by atoms with Crippen molar-refractivity contribution in [2.45, 2.75) is 39.5 Å². The quantitative estimate of drug-likeness (QED) is 0.879. The number of nitrogens with one attached hydrogen (secondary N) is 2. The summed E-state index contributed by atoms with van der Waals surface area (Å²) in [4.78, 5) is 26.0. The number of amides is 2. The molecule has 2 rings (SSSR count). The van der Waals surface area contributed by atoms with E-state index in [1.807, 2.05) is 19.1 Å². The third-order valence-electron chi connectivity index (χ3n) is 3.79. The van der Waals surface area contributed by atoms with Crippen LogP contribution in [0.4, 0.5) is 11.4 Å². The van der Waals surface area contributed by atoms with Gasteiger partial charge in [-0.3, -0.25) is 9.59 Å². The molecule has 1 fully saturated rings. The minimum Gasteiger partial charge on any atom is -0.371 e. The average Bonchev–Trinajstić information content (AvgIpc) is 2.52. The molecule has 0 radical (unpaired) electrons. The lowest BCUT2D eigenvalue weighted by Gasteiger charge is -2.30. The van der Waals surface area contributed by atoms with E-state index in [0.29, 0.717) is 17.8 Å². The maximum atomic E-state index is 12.5. The highest BCUT2D eigenvalue weighted by atomic mass is 16.2. The van der Waals surface area contributed by atoms with Gasteiger partial charge in [-0.05, 0) is 43.9 Å². The summed E-state index contributed by atoms with van der Waals surface area (Å²) in [6, 6.07) is 5.58. The number of hydrogen-bond acceptors (Lipinski definition) is 3. The first kappa shape index (κ1) is 16.3. The summed E-state index contributed by atoms with van der Waals surface area (Å²) in [7, 11) is 0. The minimum atomic E-state index is -0.134. The summed E-state index contributed by atoms with van der Waals surface area (Å²) in [5.41, 5.74) is 2.26. The fourth-order valence-corrected chi connectivity index (χ4v) is 2.74. The fraction of sp³-hybridized carbons (Fsp3) is 0.529. The van der Waals surface area contributed by atoms with E-state index in [1.165, 1.54) is 13.3 Å². The molecule has 1 aliphatic rings. The van der Waals surface area contributed by atoms with Crippen molar-refractivity contribution in [1.82, 2.24) is 5.32 Å². The van der Waals surface area contributed by atoms with Crippen molar-refractivity contribution >= 4 is 23.2 Å². The van der Waals surface area contributed by atoms with Gasteiger partial charge in [0.2, 0.25) is 5.91 Å². The third kappa shape index (κ3) is 4.23. The smallest absolute Gasteiger partial charge is 0.253 e. The Balaban J connectivity index is 2.29. The van der Waals surface area contributed by atoms with Gasteiger partial charge in [-0.15, -0.1) is 0 Å². The van der Waals surface area contributed by atoms with Gasteiger partial charge in [0.1, 0.15) is 0 Å². The lowest BCUT2D eigenvalue weighted by Crippen LogP contribution is -2.33. The summed E-state index contributed by atoms with van der Waals surface area (Å²) in [5, 5.41) is 5.68. The zero-order chi connectivity index (χ0) is 15.9. The number of piperidine rings is 1. The summed E-state index contributed by atoms with van der Waals surface area (Å²) < 4.78 is 0. The molecule has 1 heterocycles. The molecule has 0 unspecified atom stereocenters. The van der Waals surface area contributed by atoms with Crippen molar-refractivity contribution in [2.75, 3.05) is 29.9 Å². The molecule has 0 bridgehead atoms. The van der Waals surface area contributed by atoms with Crippen molar-refractivity contribution < 1.29 is 9.59 Å². The Morgan fingerprint density at radius 1 is 1.18 bits per heavy atom. The van der Waals surface area contributed by atoms with Gasteiger partial charge in [0.05, 0.1) is 5.56 Å². The maximum Gasteiger partial charge on any atom is 0.253 e. The van der Waals surface area contributed by atoms with Crippen LogP contribution in [-0.2, 0) is 4.79 Å². The Morgan fingerprint density at radius 2 is 1.91 bits per heavy atom. The zero-order valence-corrected chi connectivity index (χ0v) is 13.4. The standard InChI is InChI=1S/C17H25N3O2/c1-3-9-18-17(22)15-12-14(19-13(2)21)7-8-16(15)20-10-5-4-6-11-20/h7-8,12H,3-6,9-11H2,1-2H3,(H,18,22)(H,19,21). The first-order chi connectivity index (χ1) is 10.6. The van der Waals surface area contributed by atoms with Gasteiger partial charge in [-0.1, -0.05) is 6.92 Å². The number of rotatable bonds is 5. The molecule has 5 nitrogen and oxygen atoms in total. The molecule has 0 atom stereocenters. The van der Waals surface area contributed by atoms with Gasteiger partial charge < -0.3 is 15.5 Å². The normalized spacial score (nSPS) is 14.5. The zero-order valence-electron chi connectivity index (χ0n) is 13.4. The van der Waals surface area contributed by atoms with Gasteiger partial charge in [0.25, 0.3) is 5.91 Å². The number of benzene rings is 1. The molecular formula is C17H25N3O2. The summed E-state index contributed by atoms with van der Waals surface area (Å²) >= 11 is 0. The second-order valence-corrected chi connectivity index (χ2v) is 5.72. The van der Waals surface area contributed by atoms with Crippen LogP contribution in [0.15, 0.2) is 18.2 Å². The number of carbonyl (C=O) groups excluding carboxylic acids is 2. The van der Waals surface area contributed by atoms with Crippen LogP contribution in [-0.4, -0.2) is 31.4 Å². The first-order valence-corrected chi connectivity index (χ1v) is 8.06. The molecule has 1 aromatic carbocycles. The van der Waals surface area contributed by atoms with Crippen LogP contribution >= 0.6 is 0 Å². The molecule has 1 aromatic rings. The van der Waals surface area contributed by atoms with E-state index in [1.54, 1.807) is 6.07 Å². The second-order valence-electron chi connectivity index (χ2n) is 5.72. The molecular weight excluding hydrogens is 278 g/mol. The molecule has 120 valence electrons. The Kier molecular flexibility index (Phi) is 5.81. The van der Waals surface area contributed by atoms with Gasteiger partial charge >= 0.3 is 0 Å². The van der Waals surface area contributed by atoms with Crippen LogP contribution in [0.5, 0.6) is 0 Å². The SMILES string of the molecule is CCCNC(=O)c1cc(NC(C)=O)ccc1N1CCCCC1. The molecule has 1 aliphatic heterocycles. The van der Waals surface area contributed by atoms with Gasteiger partial charge in [-0.2, -0.15) is 0 Å². The Morgan fingerprint density at radius 3 is 2.55 bits per heavy atom. The molecule has 0 spiro atoms. The summed E-state index contributed by atoms with van der Waals surface area (Å²) in [6.45, 7) is 6.11. The highest BCUT2D eigenvalue weighted by Gasteiger charge is 2.19. The highest BCUT2D eigenvalue weighted by Crippen LogP contribution is 2.27. The summed E-state index contributed by atoms with van der Waals surface area (Å²) in [6.07, 6.45) is 4.46. The number of anilines is 2. The monoisotopic (exact) mass is 303 g/mol.